The normalized spacial score (nSPS) is 19.5. The summed E-state index contributed by atoms with van der Waals surface area (Å²) in [5, 5.41) is 2.78. The molecule has 0 radical (unpaired) electrons. The summed E-state index contributed by atoms with van der Waals surface area (Å²) in [5.74, 6) is -1.32. The van der Waals surface area contributed by atoms with Crippen LogP contribution in [0.4, 0.5) is 9.18 Å². The van der Waals surface area contributed by atoms with Crippen molar-refractivity contribution in [3.8, 4) is 0 Å². The summed E-state index contributed by atoms with van der Waals surface area (Å²) in [6.45, 7) is 1.55. The van der Waals surface area contributed by atoms with Gasteiger partial charge in [-0.25, -0.2) is 9.18 Å². The zero-order valence-electron chi connectivity index (χ0n) is 14.4. The van der Waals surface area contributed by atoms with Crippen LogP contribution in [0.5, 0.6) is 0 Å². The zero-order valence-corrected chi connectivity index (χ0v) is 14.4. The monoisotopic (exact) mass is 354 g/mol. The Bertz CT molecular complexity index is 836. The lowest BCUT2D eigenvalue weighted by molar-refractivity contribution is -0.131. The standard InChI is InChI=1S/C20H19FN2O3/c1-2-12-20(15-6-4-3-5-7-15)18(25)23(19(26)22-20)13-17(24)14-8-10-16(21)11-9-14/h3-11H,2,12-13H2,1H3,(H,22,26)/t20-/m1/s1. The van der Waals surface area contributed by atoms with Crippen LogP contribution in [0.3, 0.4) is 0 Å². The molecule has 0 spiro atoms. The van der Waals surface area contributed by atoms with E-state index in [1.54, 1.807) is 24.3 Å². The van der Waals surface area contributed by atoms with E-state index in [2.05, 4.69) is 5.32 Å². The molecule has 6 heteroatoms. The number of amides is 3. The Morgan fingerprint density at radius 2 is 1.73 bits per heavy atom. The van der Waals surface area contributed by atoms with E-state index in [0.29, 0.717) is 18.4 Å². The molecule has 3 rings (SSSR count). The fraction of sp³-hybridized carbons (Fsp3) is 0.250. The van der Waals surface area contributed by atoms with Crippen LogP contribution in [0.2, 0.25) is 0 Å². The van der Waals surface area contributed by atoms with Crippen LogP contribution in [0.15, 0.2) is 54.6 Å². The number of hydrogen-bond donors (Lipinski definition) is 1. The maximum absolute atomic E-state index is 13.1. The second-order valence-electron chi connectivity index (χ2n) is 6.27. The molecular formula is C20H19FN2O3. The van der Waals surface area contributed by atoms with E-state index in [0.717, 1.165) is 4.90 Å². The van der Waals surface area contributed by atoms with Crippen molar-refractivity contribution in [1.29, 1.82) is 0 Å². The van der Waals surface area contributed by atoms with Crippen molar-refractivity contribution in [2.24, 2.45) is 0 Å². The van der Waals surface area contributed by atoms with E-state index in [-0.39, 0.29) is 12.1 Å². The second kappa shape index (κ2) is 7.07. The summed E-state index contributed by atoms with van der Waals surface area (Å²) in [4.78, 5) is 38.9. The minimum absolute atomic E-state index is 0.250. The van der Waals surface area contributed by atoms with Gasteiger partial charge in [-0.1, -0.05) is 43.7 Å². The number of ketones is 1. The number of carbonyl (C=O) groups is 3. The van der Waals surface area contributed by atoms with Gasteiger partial charge in [0.05, 0.1) is 6.54 Å². The first kappa shape index (κ1) is 17.8. The number of urea groups is 1. The molecule has 0 aliphatic carbocycles. The molecule has 26 heavy (non-hydrogen) atoms. The molecule has 1 saturated heterocycles. The molecule has 2 aromatic rings. The number of nitrogens with one attached hydrogen (secondary N) is 1. The van der Waals surface area contributed by atoms with Crippen molar-refractivity contribution >= 4 is 17.7 Å². The molecule has 0 saturated carbocycles. The number of imide groups is 1. The summed E-state index contributed by atoms with van der Waals surface area (Å²) in [7, 11) is 0. The van der Waals surface area contributed by atoms with Gasteiger partial charge in [-0.2, -0.15) is 0 Å². The average molecular weight is 354 g/mol. The van der Waals surface area contributed by atoms with Crippen LogP contribution in [-0.2, 0) is 10.3 Å². The van der Waals surface area contributed by atoms with E-state index in [1.165, 1.54) is 24.3 Å². The van der Waals surface area contributed by atoms with Gasteiger partial charge in [0.2, 0.25) is 0 Å². The predicted molar refractivity (Wildman–Crippen MR) is 94.0 cm³/mol. The number of rotatable bonds is 6. The molecule has 0 unspecified atom stereocenters. The number of Topliss-reactive ketones (excluding diaryl/α,β-unsaturated/α-hetero) is 1. The van der Waals surface area contributed by atoms with E-state index >= 15 is 0 Å². The van der Waals surface area contributed by atoms with Gasteiger partial charge in [0, 0.05) is 5.56 Å². The van der Waals surface area contributed by atoms with E-state index in [9.17, 15) is 18.8 Å². The van der Waals surface area contributed by atoms with Crippen molar-refractivity contribution < 1.29 is 18.8 Å². The van der Waals surface area contributed by atoms with E-state index < -0.39 is 29.1 Å². The highest BCUT2D eigenvalue weighted by Gasteiger charge is 2.52. The van der Waals surface area contributed by atoms with Crippen molar-refractivity contribution in [2.75, 3.05) is 6.54 Å². The number of benzene rings is 2. The van der Waals surface area contributed by atoms with Crippen molar-refractivity contribution in [3.63, 3.8) is 0 Å². The van der Waals surface area contributed by atoms with Crippen LogP contribution < -0.4 is 5.32 Å². The van der Waals surface area contributed by atoms with Crippen LogP contribution in [-0.4, -0.2) is 29.2 Å². The van der Waals surface area contributed by atoms with Gasteiger partial charge in [-0.3, -0.25) is 14.5 Å². The predicted octanol–water partition coefficient (Wildman–Crippen LogP) is 3.26. The molecule has 1 aliphatic rings. The maximum Gasteiger partial charge on any atom is 0.325 e. The molecular weight excluding hydrogens is 335 g/mol. The maximum atomic E-state index is 13.1. The summed E-state index contributed by atoms with van der Waals surface area (Å²) in [6, 6.07) is 13.5. The number of carbonyl (C=O) groups excluding carboxylic acids is 3. The van der Waals surface area contributed by atoms with Gasteiger partial charge in [-0.05, 0) is 36.2 Å². The van der Waals surface area contributed by atoms with E-state index in [1.807, 2.05) is 13.0 Å². The van der Waals surface area contributed by atoms with Crippen LogP contribution in [0.1, 0.15) is 35.7 Å². The third kappa shape index (κ3) is 3.10. The van der Waals surface area contributed by atoms with Gasteiger partial charge >= 0.3 is 6.03 Å². The number of halogens is 1. The Balaban J connectivity index is 1.88. The van der Waals surface area contributed by atoms with Gasteiger partial charge in [0.25, 0.3) is 5.91 Å². The van der Waals surface area contributed by atoms with Gasteiger partial charge in [-0.15, -0.1) is 0 Å². The summed E-state index contributed by atoms with van der Waals surface area (Å²) < 4.78 is 13.0. The number of hydrogen-bond acceptors (Lipinski definition) is 3. The smallest absolute Gasteiger partial charge is 0.319 e. The molecule has 0 aromatic heterocycles. The highest BCUT2D eigenvalue weighted by atomic mass is 19.1. The zero-order chi connectivity index (χ0) is 18.7. The molecule has 3 amide bonds. The van der Waals surface area contributed by atoms with Crippen molar-refractivity contribution in [2.45, 2.75) is 25.3 Å². The van der Waals surface area contributed by atoms with Crippen molar-refractivity contribution in [1.82, 2.24) is 10.2 Å². The topological polar surface area (TPSA) is 66.5 Å². The summed E-state index contributed by atoms with van der Waals surface area (Å²) in [5.41, 5.74) is -0.215. The van der Waals surface area contributed by atoms with Crippen molar-refractivity contribution in [3.05, 3.63) is 71.5 Å². The average Bonchev–Trinajstić information content (AvgIpc) is 2.88. The Hall–Kier alpha value is -3.02. The fourth-order valence-corrected chi connectivity index (χ4v) is 3.25. The van der Waals surface area contributed by atoms with E-state index in [4.69, 9.17) is 0 Å². The molecule has 134 valence electrons. The van der Waals surface area contributed by atoms with Crippen LogP contribution >= 0.6 is 0 Å². The molecule has 1 fully saturated rings. The largest absolute Gasteiger partial charge is 0.325 e. The SMILES string of the molecule is CCC[C@]1(c2ccccc2)NC(=O)N(CC(=O)c2ccc(F)cc2)C1=O. The highest BCUT2D eigenvalue weighted by molar-refractivity contribution is 6.11. The summed E-state index contributed by atoms with van der Waals surface area (Å²) in [6.07, 6.45) is 1.11. The van der Waals surface area contributed by atoms with Gasteiger partial charge in [0.15, 0.2) is 5.78 Å². The van der Waals surface area contributed by atoms with Gasteiger partial charge in [0.1, 0.15) is 11.4 Å². The Morgan fingerprint density at radius 3 is 2.35 bits per heavy atom. The third-order valence-electron chi connectivity index (χ3n) is 4.54. The Labute approximate surface area is 150 Å². The molecule has 1 heterocycles. The Morgan fingerprint density at radius 1 is 1.08 bits per heavy atom. The highest BCUT2D eigenvalue weighted by Crippen LogP contribution is 2.33. The van der Waals surface area contributed by atoms with Gasteiger partial charge < -0.3 is 5.32 Å². The first-order valence-corrected chi connectivity index (χ1v) is 8.46. The molecule has 1 aliphatic heterocycles. The first-order chi connectivity index (χ1) is 12.5. The molecule has 1 atom stereocenters. The fourth-order valence-electron chi connectivity index (χ4n) is 3.25. The van der Waals surface area contributed by atoms with Crippen LogP contribution in [0, 0.1) is 5.82 Å². The first-order valence-electron chi connectivity index (χ1n) is 8.46. The second-order valence-corrected chi connectivity index (χ2v) is 6.27. The number of nitrogens with zero attached hydrogens (tertiary/aromatic N) is 1. The van der Waals surface area contributed by atoms with Crippen LogP contribution in [0.25, 0.3) is 0 Å². The lowest BCUT2D eigenvalue weighted by Gasteiger charge is -2.26. The lowest BCUT2D eigenvalue weighted by atomic mass is 9.85. The minimum atomic E-state index is -1.16. The lowest BCUT2D eigenvalue weighted by Crippen LogP contribution is -2.44. The third-order valence-corrected chi connectivity index (χ3v) is 4.54. The Kier molecular flexibility index (Phi) is 4.84. The quantitative estimate of drug-likeness (QED) is 0.640. The summed E-state index contributed by atoms with van der Waals surface area (Å²) >= 11 is 0. The minimum Gasteiger partial charge on any atom is -0.319 e. The molecule has 1 N–H and O–H groups in total. The molecule has 2 aromatic carbocycles. The molecule has 5 nitrogen and oxygen atoms in total. The molecule has 0 bridgehead atoms.